The van der Waals surface area contributed by atoms with Gasteiger partial charge in [0.05, 0.1) is 0 Å². The molecule has 0 aromatic rings. The Balaban J connectivity index is -0.00000000938. The van der Waals surface area contributed by atoms with Crippen molar-refractivity contribution in [3.8, 4) is 0 Å². The Morgan fingerprint density at radius 1 is 0.296 bits per heavy atom. The fourth-order valence-electron chi connectivity index (χ4n) is 1.21. The Morgan fingerprint density at radius 2 is 0.407 bits per heavy atom. The summed E-state index contributed by atoms with van der Waals surface area (Å²) in [5.41, 5.74) is 27.2. The molecule has 0 heterocycles. The van der Waals surface area contributed by atoms with E-state index in [4.69, 9.17) is 22.9 Å². The van der Waals surface area contributed by atoms with Crippen molar-refractivity contribution in [1.82, 2.24) is 36.9 Å². The third kappa shape index (κ3) is 130. The summed E-state index contributed by atoms with van der Waals surface area (Å²) in [6.07, 6.45) is 8.62. The predicted octanol–water partition coefficient (Wildman–Crippen LogP) is 0.275. The van der Waals surface area contributed by atoms with Gasteiger partial charge in [-0.1, -0.05) is 51.4 Å². The van der Waals surface area contributed by atoms with Gasteiger partial charge in [-0.2, -0.15) is 26.2 Å². The molecule has 0 aromatic carbocycles. The maximum Gasteiger partial charge on any atom is 2.00 e. The van der Waals surface area contributed by atoms with Gasteiger partial charge in [0.15, 0.2) is 0 Å². The molecule has 0 rings (SSSR count). The normalized spacial score (nSPS) is 5.78. The molecule has 0 atom stereocenters. The number of unbranched alkanes of at least 4 members (excludes halogenated alkanes) is 6. The van der Waals surface area contributed by atoms with Crippen molar-refractivity contribution < 1.29 is 88.0 Å². The van der Waals surface area contributed by atoms with Crippen molar-refractivity contribution >= 4 is 0 Å². The molecule has 0 fully saturated rings. The van der Waals surface area contributed by atoms with Crippen LogP contribution < -0.4 is 61.7 Å². The molecule has 0 aliphatic rings. The fraction of sp³-hybridized carbons (Fsp3) is 1.00. The third-order valence-corrected chi connectivity index (χ3v) is 2.21. The van der Waals surface area contributed by atoms with Gasteiger partial charge in [0, 0.05) is 0 Å². The van der Waals surface area contributed by atoms with Gasteiger partial charge in [-0.05, 0) is 0 Å². The molecule has 0 aromatic heterocycles. The zero-order chi connectivity index (χ0) is 12.5. The average molecular weight is 987 g/mol. The van der Waals surface area contributed by atoms with Crippen molar-refractivity contribution in [1.29, 1.82) is 0 Å². The minimum atomic E-state index is 0. The van der Waals surface area contributed by atoms with Crippen LogP contribution in [0, 0.1) is 0 Å². The van der Waals surface area contributed by atoms with E-state index < -0.39 is 0 Å². The Labute approximate surface area is 223 Å². The van der Waals surface area contributed by atoms with Gasteiger partial charge in [-0.3, -0.25) is 0 Å². The summed E-state index contributed by atoms with van der Waals surface area (Å²) in [7, 11) is 0. The second kappa shape index (κ2) is 103. The van der Waals surface area contributed by atoms with E-state index in [-0.39, 0.29) is 125 Å². The zero-order valence-electron chi connectivity index (χ0n) is 16.4. The quantitative estimate of drug-likeness (QED) is 0.167. The Bertz CT molecular complexity index is 107. The summed E-state index contributed by atoms with van der Waals surface area (Å²) in [6.45, 7) is 2.21. The molecule has 0 bridgehead atoms. The molecular formula is C12H46Cl2N10Pt3. The van der Waals surface area contributed by atoms with Crippen LogP contribution in [0.4, 0.5) is 0 Å². The first-order chi connectivity index (χ1) is 7.83. The summed E-state index contributed by atoms with van der Waals surface area (Å²) < 4.78 is 0. The van der Waals surface area contributed by atoms with Crippen molar-refractivity contribution in [2.75, 3.05) is 26.2 Å². The van der Waals surface area contributed by atoms with Crippen LogP contribution in [0.1, 0.15) is 51.4 Å². The summed E-state index contributed by atoms with van der Waals surface area (Å²) in [4.78, 5) is 0. The predicted molar refractivity (Wildman–Crippen MR) is 104 cm³/mol. The van der Waals surface area contributed by atoms with E-state index in [1.54, 1.807) is 0 Å². The van der Waals surface area contributed by atoms with Gasteiger partial charge in [-0.15, -0.1) is 0 Å². The molecule has 0 saturated carbocycles. The van der Waals surface area contributed by atoms with Gasteiger partial charge < -0.3 is 84.7 Å². The first-order valence-electron chi connectivity index (χ1n) is 6.41. The van der Waals surface area contributed by atoms with E-state index in [1.165, 1.54) is 0 Å². The molecule has 0 saturated heterocycles. The van der Waals surface area contributed by atoms with Crippen molar-refractivity contribution in [3.05, 3.63) is 22.9 Å². The molecule has 188 valence electrons. The van der Waals surface area contributed by atoms with Crippen LogP contribution in [0.3, 0.4) is 0 Å². The molecule has 0 unspecified atom stereocenters. The number of hydrogen-bond donors (Lipinski definition) is 6. The molecule has 0 radical (unpaired) electrons. The Hall–Kier alpha value is 2.24. The maximum absolute atomic E-state index is 6.79. The monoisotopic (exact) mass is 985 g/mol. The van der Waals surface area contributed by atoms with Gasteiger partial charge >= 0.3 is 63.2 Å². The van der Waals surface area contributed by atoms with Crippen molar-refractivity contribution in [3.63, 3.8) is 0 Å². The first kappa shape index (κ1) is 88.4. The van der Waals surface area contributed by atoms with Crippen LogP contribution in [0.25, 0.3) is 22.9 Å². The van der Waals surface area contributed by atoms with Crippen LogP contribution in [-0.2, 0) is 63.2 Å². The van der Waals surface area contributed by atoms with E-state index in [9.17, 15) is 0 Å². The standard InChI is InChI=1S/2C6H14N2.2ClH.6H3N.3Pt/c2*7-5-3-1-2-4-6-8;;;;;;;;;;;/h2*7-8H,1-6H2;2*1H;6*1H3;;;/q2*-2;;;;;;;;;3*+2/p-2. The van der Waals surface area contributed by atoms with Crippen LogP contribution in [0.2, 0.25) is 0 Å². The van der Waals surface area contributed by atoms with E-state index in [1.807, 2.05) is 0 Å². The number of rotatable bonds is 10. The summed E-state index contributed by atoms with van der Waals surface area (Å²) in [6, 6.07) is 0. The molecular weight excluding hydrogens is 940 g/mol. The second-order valence-electron chi connectivity index (χ2n) is 3.83. The van der Waals surface area contributed by atoms with Crippen molar-refractivity contribution in [2.24, 2.45) is 0 Å². The van der Waals surface area contributed by atoms with Crippen LogP contribution in [-0.4, -0.2) is 26.2 Å². The fourth-order valence-corrected chi connectivity index (χ4v) is 1.21. The van der Waals surface area contributed by atoms with Crippen LogP contribution in [0.15, 0.2) is 0 Å². The summed E-state index contributed by atoms with van der Waals surface area (Å²) in [5.74, 6) is 0. The number of halogens is 2. The first-order valence-corrected chi connectivity index (χ1v) is 6.41. The van der Waals surface area contributed by atoms with Gasteiger partial charge in [-0.25, -0.2) is 0 Å². The number of hydrogen-bond acceptors (Lipinski definition) is 6. The SMILES string of the molecule is N.N.N.N.N.N.[Cl-].[Cl-].[NH-]CCCCCC[NH-].[NH-]CCCCCC[NH-].[Pt+2].[Pt+2].[Pt+2]. The van der Waals surface area contributed by atoms with Gasteiger partial charge in [0.2, 0.25) is 0 Å². The van der Waals surface area contributed by atoms with Gasteiger partial charge in [0.1, 0.15) is 0 Å². The smallest absolute Gasteiger partial charge is 1.00 e. The molecule has 0 amide bonds. The molecule has 0 aliphatic heterocycles. The van der Waals surface area contributed by atoms with E-state index in [0.717, 1.165) is 51.4 Å². The number of nitrogens with one attached hydrogen (secondary N) is 4. The molecule has 15 heteroatoms. The Kier molecular flexibility index (Phi) is 338. The van der Waals surface area contributed by atoms with Crippen LogP contribution >= 0.6 is 0 Å². The third-order valence-electron chi connectivity index (χ3n) is 2.21. The minimum absolute atomic E-state index is 0. The summed E-state index contributed by atoms with van der Waals surface area (Å²) in [5, 5.41) is 0. The molecule has 0 aliphatic carbocycles. The van der Waals surface area contributed by atoms with E-state index >= 15 is 0 Å². The average Bonchev–Trinajstić information content (AvgIpc) is 2.31. The van der Waals surface area contributed by atoms with E-state index in [2.05, 4.69) is 0 Å². The van der Waals surface area contributed by atoms with Crippen LogP contribution in [0.5, 0.6) is 0 Å². The molecule has 22 N–H and O–H groups in total. The second-order valence-corrected chi connectivity index (χ2v) is 3.83. The Morgan fingerprint density at radius 3 is 0.481 bits per heavy atom. The molecule has 27 heavy (non-hydrogen) atoms. The molecule has 10 nitrogen and oxygen atoms in total. The minimum Gasteiger partial charge on any atom is -1.00 e. The topological polar surface area (TPSA) is 305 Å². The summed E-state index contributed by atoms with van der Waals surface area (Å²) >= 11 is 0. The van der Waals surface area contributed by atoms with Gasteiger partial charge in [0.25, 0.3) is 0 Å². The zero-order valence-corrected chi connectivity index (χ0v) is 24.8. The molecule has 0 spiro atoms. The largest absolute Gasteiger partial charge is 2.00 e. The van der Waals surface area contributed by atoms with Crippen molar-refractivity contribution in [2.45, 2.75) is 51.4 Å². The van der Waals surface area contributed by atoms with E-state index in [0.29, 0.717) is 26.2 Å². The maximum atomic E-state index is 6.79.